The van der Waals surface area contributed by atoms with Crippen molar-refractivity contribution < 1.29 is 23.8 Å². The molecule has 31 heavy (non-hydrogen) atoms. The molecule has 3 rings (SSSR count). The number of nitrogens with one attached hydrogen (secondary N) is 1. The molecule has 1 aliphatic rings. The summed E-state index contributed by atoms with van der Waals surface area (Å²) in [6.07, 6.45) is 0.889. The van der Waals surface area contributed by atoms with Crippen LogP contribution < -0.4 is 14.8 Å². The average Bonchev–Trinajstić information content (AvgIpc) is 2.76. The lowest BCUT2D eigenvalue weighted by molar-refractivity contribution is -0.142. The van der Waals surface area contributed by atoms with Crippen molar-refractivity contribution in [2.24, 2.45) is 0 Å². The van der Waals surface area contributed by atoms with Gasteiger partial charge in [0.2, 0.25) is 5.91 Å². The predicted molar refractivity (Wildman–Crippen MR) is 119 cm³/mol. The normalized spacial score (nSPS) is 15.7. The molecule has 0 spiro atoms. The van der Waals surface area contributed by atoms with Gasteiger partial charge in [-0.05, 0) is 66.8 Å². The molecule has 1 amide bonds. The summed E-state index contributed by atoms with van der Waals surface area (Å²) in [5, 5.41) is 2.97. The van der Waals surface area contributed by atoms with Gasteiger partial charge in [-0.25, -0.2) is 0 Å². The lowest BCUT2D eigenvalue weighted by Crippen LogP contribution is -2.41. The Morgan fingerprint density at radius 3 is 2.39 bits per heavy atom. The Bertz CT molecular complexity index is 973. The van der Waals surface area contributed by atoms with E-state index >= 15 is 0 Å². The van der Waals surface area contributed by atoms with Gasteiger partial charge in [-0.3, -0.25) is 14.5 Å². The van der Waals surface area contributed by atoms with Crippen LogP contribution in [0.4, 0.5) is 5.69 Å². The summed E-state index contributed by atoms with van der Waals surface area (Å²) in [5.74, 6) is 0.797. The highest BCUT2D eigenvalue weighted by Crippen LogP contribution is 2.39. The number of aryl methyl sites for hydroxylation is 2. The van der Waals surface area contributed by atoms with E-state index in [1.807, 2.05) is 49.1 Å². The minimum atomic E-state index is -0.327. The molecule has 0 saturated carbocycles. The first-order chi connectivity index (χ1) is 14.9. The Kier molecular flexibility index (Phi) is 7.17. The second-order valence-corrected chi connectivity index (χ2v) is 7.77. The zero-order chi connectivity index (χ0) is 22.5. The second kappa shape index (κ2) is 9.83. The van der Waals surface area contributed by atoms with Crippen LogP contribution in [0.1, 0.15) is 34.7 Å². The van der Waals surface area contributed by atoms with Gasteiger partial charge in [-0.2, -0.15) is 0 Å². The maximum Gasteiger partial charge on any atom is 0.307 e. The van der Waals surface area contributed by atoms with Crippen molar-refractivity contribution in [1.29, 1.82) is 0 Å². The van der Waals surface area contributed by atoms with E-state index in [1.165, 1.54) is 12.7 Å². The Morgan fingerprint density at radius 1 is 1.03 bits per heavy atom. The first-order valence-corrected chi connectivity index (χ1v) is 10.3. The molecule has 7 nitrogen and oxygen atoms in total. The molecule has 1 atom stereocenters. The van der Waals surface area contributed by atoms with Gasteiger partial charge >= 0.3 is 5.97 Å². The van der Waals surface area contributed by atoms with Crippen molar-refractivity contribution in [1.82, 2.24) is 4.90 Å². The number of esters is 1. The number of methoxy groups -OCH3 is 3. The number of ether oxygens (including phenoxy) is 3. The largest absolute Gasteiger partial charge is 0.493 e. The van der Waals surface area contributed by atoms with Gasteiger partial charge in [0.1, 0.15) is 0 Å². The van der Waals surface area contributed by atoms with Crippen LogP contribution in [-0.2, 0) is 20.7 Å². The van der Waals surface area contributed by atoms with Crippen LogP contribution in [0.2, 0.25) is 0 Å². The van der Waals surface area contributed by atoms with Crippen LogP contribution in [-0.4, -0.2) is 51.2 Å². The van der Waals surface area contributed by atoms with Crippen LogP contribution in [0, 0.1) is 13.8 Å². The van der Waals surface area contributed by atoms with E-state index in [4.69, 9.17) is 14.2 Å². The summed E-state index contributed by atoms with van der Waals surface area (Å²) in [6, 6.07) is 9.40. The smallest absolute Gasteiger partial charge is 0.307 e. The Hall–Kier alpha value is -3.06. The Morgan fingerprint density at radius 2 is 1.74 bits per heavy atom. The third-order valence-corrected chi connectivity index (χ3v) is 5.84. The molecule has 1 aliphatic heterocycles. The molecule has 0 unspecified atom stereocenters. The van der Waals surface area contributed by atoms with Gasteiger partial charge in [-0.15, -0.1) is 0 Å². The van der Waals surface area contributed by atoms with Crippen LogP contribution >= 0.6 is 0 Å². The van der Waals surface area contributed by atoms with Crippen molar-refractivity contribution in [3.8, 4) is 11.5 Å². The molecule has 0 aliphatic carbocycles. The number of carbonyl (C=O) groups excluding carboxylic acids is 2. The number of amides is 1. The number of carbonyl (C=O) groups is 2. The van der Waals surface area contributed by atoms with Crippen molar-refractivity contribution in [2.45, 2.75) is 32.7 Å². The topological polar surface area (TPSA) is 77.1 Å². The quantitative estimate of drug-likeness (QED) is 0.684. The van der Waals surface area contributed by atoms with Gasteiger partial charge in [0.15, 0.2) is 11.5 Å². The van der Waals surface area contributed by atoms with Crippen LogP contribution in [0.3, 0.4) is 0 Å². The maximum absolute atomic E-state index is 12.8. The molecular formula is C24H30N2O5. The first kappa shape index (κ1) is 22.6. The maximum atomic E-state index is 12.8. The molecule has 0 bridgehead atoms. The van der Waals surface area contributed by atoms with E-state index in [2.05, 4.69) is 5.32 Å². The van der Waals surface area contributed by atoms with Crippen molar-refractivity contribution in [3.05, 3.63) is 52.6 Å². The number of fused-ring (bicyclic) bond motifs is 1. The summed E-state index contributed by atoms with van der Waals surface area (Å²) < 4.78 is 15.8. The van der Waals surface area contributed by atoms with Crippen molar-refractivity contribution >= 4 is 17.6 Å². The van der Waals surface area contributed by atoms with E-state index in [0.717, 1.165) is 28.8 Å². The molecule has 0 aromatic heterocycles. The zero-order valence-electron chi connectivity index (χ0n) is 18.8. The third kappa shape index (κ3) is 5.17. The summed E-state index contributed by atoms with van der Waals surface area (Å²) in [6.45, 7) is 4.86. The highest BCUT2D eigenvalue weighted by molar-refractivity contribution is 5.92. The molecule has 2 aromatic carbocycles. The van der Waals surface area contributed by atoms with E-state index < -0.39 is 0 Å². The average molecular weight is 427 g/mol. The number of hydrogen-bond acceptors (Lipinski definition) is 6. The Balaban J connectivity index is 1.84. The van der Waals surface area contributed by atoms with Crippen LogP contribution in [0.15, 0.2) is 30.3 Å². The highest BCUT2D eigenvalue weighted by atomic mass is 16.5. The summed E-state index contributed by atoms with van der Waals surface area (Å²) in [5.41, 5.74) is 5.09. The minimum Gasteiger partial charge on any atom is -0.493 e. The molecule has 1 N–H and O–H groups in total. The van der Waals surface area contributed by atoms with Gasteiger partial charge in [0.05, 0.1) is 34.3 Å². The Labute approximate surface area is 183 Å². The monoisotopic (exact) mass is 426 g/mol. The van der Waals surface area contributed by atoms with Gasteiger partial charge < -0.3 is 19.5 Å². The number of benzene rings is 2. The SMILES string of the molecule is COC(=O)C[C@H]1c2cc(OC)c(OC)cc2CCN1CC(=O)Nc1ccc(C)c(C)c1. The van der Waals surface area contributed by atoms with E-state index in [-0.39, 0.29) is 30.9 Å². The highest BCUT2D eigenvalue weighted by Gasteiger charge is 2.32. The molecule has 7 heteroatoms. The zero-order valence-corrected chi connectivity index (χ0v) is 18.8. The van der Waals surface area contributed by atoms with Crippen LogP contribution in [0.25, 0.3) is 0 Å². The third-order valence-electron chi connectivity index (χ3n) is 5.84. The van der Waals surface area contributed by atoms with E-state index in [1.54, 1.807) is 14.2 Å². The number of anilines is 1. The van der Waals surface area contributed by atoms with Crippen molar-refractivity contribution in [2.75, 3.05) is 39.7 Å². The fourth-order valence-corrected chi connectivity index (χ4v) is 3.95. The van der Waals surface area contributed by atoms with Gasteiger partial charge in [0, 0.05) is 18.3 Å². The van der Waals surface area contributed by atoms with Gasteiger partial charge in [0.25, 0.3) is 0 Å². The predicted octanol–water partition coefficient (Wildman–Crippen LogP) is 3.42. The lowest BCUT2D eigenvalue weighted by atomic mass is 9.90. The van der Waals surface area contributed by atoms with Crippen LogP contribution in [0.5, 0.6) is 11.5 Å². The first-order valence-electron chi connectivity index (χ1n) is 10.3. The number of hydrogen-bond donors (Lipinski definition) is 1. The summed E-state index contributed by atoms with van der Waals surface area (Å²) in [7, 11) is 4.55. The van der Waals surface area contributed by atoms with Gasteiger partial charge in [-0.1, -0.05) is 6.07 Å². The lowest BCUT2D eigenvalue weighted by Gasteiger charge is -2.36. The molecule has 166 valence electrons. The molecular weight excluding hydrogens is 396 g/mol. The van der Waals surface area contributed by atoms with Crippen molar-refractivity contribution in [3.63, 3.8) is 0 Å². The van der Waals surface area contributed by atoms with E-state index in [0.29, 0.717) is 18.0 Å². The summed E-state index contributed by atoms with van der Waals surface area (Å²) >= 11 is 0. The second-order valence-electron chi connectivity index (χ2n) is 7.77. The molecule has 2 aromatic rings. The minimum absolute atomic E-state index is 0.123. The fraction of sp³-hybridized carbons (Fsp3) is 0.417. The number of nitrogens with zero attached hydrogens (tertiary/aromatic N) is 1. The molecule has 0 fully saturated rings. The number of rotatable bonds is 7. The fourth-order valence-electron chi connectivity index (χ4n) is 3.95. The molecule has 0 radical (unpaired) electrons. The van der Waals surface area contributed by atoms with E-state index in [9.17, 15) is 9.59 Å². The standard InChI is InChI=1S/C24H30N2O5/c1-15-6-7-18(10-16(15)2)25-23(27)14-26-9-8-17-11-21(29-3)22(30-4)12-19(17)20(26)13-24(28)31-5/h6-7,10-12,20H,8-9,13-14H2,1-5H3,(H,25,27)/t20-/m0/s1. The molecule has 0 saturated heterocycles. The summed E-state index contributed by atoms with van der Waals surface area (Å²) in [4.78, 5) is 27.0. The molecule has 1 heterocycles.